The molecule has 294 valence electrons. The average molecular weight is 820 g/mol. The third-order valence-corrected chi connectivity index (χ3v) is 14.0. The van der Waals surface area contributed by atoms with Crippen molar-refractivity contribution in [2.24, 2.45) is 0 Å². The average Bonchev–Trinajstić information content (AvgIpc) is 3.93. The molecule has 0 N–H and O–H groups in total. The first-order chi connectivity index (χ1) is 31.2. The number of fused-ring (bicyclic) bond motifs is 11. The Hall–Kier alpha value is -7.98. The van der Waals surface area contributed by atoms with Crippen LogP contribution in [0.5, 0.6) is 0 Å². The fraction of sp³-hybridized carbons (Fsp3) is 0. The molecule has 0 atom stereocenters. The summed E-state index contributed by atoms with van der Waals surface area (Å²) in [6.07, 6.45) is 0. The van der Waals surface area contributed by atoms with Gasteiger partial charge in [0.2, 0.25) is 0 Å². The van der Waals surface area contributed by atoms with Crippen molar-refractivity contribution >= 4 is 103 Å². The minimum absolute atomic E-state index is 0.882. The zero-order valence-corrected chi connectivity index (χ0v) is 34.9. The monoisotopic (exact) mass is 819 g/mol. The van der Waals surface area contributed by atoms with Crippen molar-refractivity contribution in [1.82, 2.24) is 0 Å². The van der Waals surface area contributed by atoms with Crippen LogP contribution in [-0.4, -0.2) is 0 Å². The molecule has 0 unspecified atom stereocenters. The molecule has 0 saturated carbocycles. The summed E-state index contributed by atoms with van der Waals surface area (Å²) in [6.45, 7) is 0. The summed E-state index contributed by atoms with van der Waals surface area (Å²) >= 11 is 1.86. The Bertz CT molecular complexity index is 3910. The fourth-order valence-corrected chi connectivity index (χ4v) is 10.9. The highest BCUT2D eigenvalue weighted by Crippen LogP contribution is 2.46. The molecule has 2 nitrogen and oxygen atoms in total. The maximum atomic E-state index is 6.69. The highest BCUT2D eigenvalue weighted by molar-refractivity contribution is 7.25. The van der Waals surface area contributed by atoms with E-state index >= 15 is 0 Å². The first-order valence-corrected chi connectivity index (χ1v) is 22.3. The first kappa shape index (κ1) is 35.7. The van der Waals surface area contributed by atoms with Gasteiger partial charge in [-0.1, -0.05) is 158 Å². The highest BCUT2D eigenvalue weighted by Gasteiger charge is 2.21. The standard InChI is InChI=1S/C60H37NOS/c1-3-12-47-40(10-1)20-21-44-36-42(27-33-48(44)47)38-22-29-45(30-23-38)61(46-31-24-39(25-32-46)43-28-35-58-54(37-43)51-15-6-8-19-57(51)63-58)55-17-7-5-14-50(55)52-16-9-18-56-59(52)53-34-26-41-11-2-4-13-49(41)60(53)62-56/h1-37H. The predicted molar refractivity (Wildman–Crippen MR) is 270 cm³/mol. The highest BCUT2D eigenvalue weighted by atomic mass is 32.1. The SMILES string of the molecule is c1ccc(N(c2ccc(-c3ccc4c(ccc5ccccc54)c3)cc2)c2ccc(-c3ccc4sc5ccccc5c4c3)cc2)c(-c2cccc3oc4c5ccccc5ccc4c23)c1. The lowest BCUT2D eigenvalue weighted by Gasteiger charge is -2.28. The van der Waals surface area contributed by atoms with E-state index in [2.05, 4.69) is 229 Å². The Morgan fingerprint density at radius 3 is 1.70 bits per heavy atom. The van der Waals surface area contributed by atoms with Gasteiger partial charge in [-0.25, -0.2) is 0 Å². The van der Waals surface area contributed by atoms with Gasteiger partial charge in [0.05, 0.1) is 5.69 Å². The largest absolute Gasteiger partial charge is 0.455 e. The second kappa shape index (κ2) is 14.3. The normalized spacial score (nSPS) is 11.8. The molecule has 0 aliphatic carbocycles. The third kappa shape index (κ3) is 5.85. The summed E-state index contributed by atoms with van der Waals surface area (Å²) in [6, 6.07) is 81.8. The molecule has 0 amide bonds. The summed E-state index contributed by atoms with van der Waals surface area (Å²) in [7, 11) is 0. The van der Waals surface area contributed by atoms with Crippen molar-refractivity contribution < 1.29 is 4.42 Å². The predicted octanol–water partition coefficient (Wildman–Crippen LogP) is 17.9. The summed E-state index contributed by atoms with van der Waals surface area (Å²) in [4.78, 5) is 2.40. The molecule has 0 spiro atoms. The van der Waals surface area contributed by atoms with E-state index in [1.54, 1.807) is 0 Å². The van der Waals surface area contributed by atoms with Gasteiger partial charge in [0.15, 0.2) is 0 Å². The van der Waals surface area contributed by atoms with Crippen LogP contribution in [0, 0.1) is 0 Å². The third-order valence-electron chi connectivity index (χ3n) is 12.9. The lowest BCUT2D eigenvalue weighted by molar-refractivity contribution is 0.673. The van der Waals surface area contributed by atoms with Gasteiger partial charge in [-0.3, -0.25) is 0 Å². The van der Waals surface area contributed by atoms with Crippen molar-refractivity contribution in [1.29, 1.82) is 0 Å². The zero-order valence-electron chi connectivity index (χ0n) is 34.1. The number of anilines is 3. The molecular weight excluding hydrogens is 783 g/mol. The van der Waals surface area contributed by atoms with Crippen molar-refractivity contribution in [2.75, 3.05) is 4.90 Å². The summed E-state index contributed by atoms with van der Waals surface area (Å²) in [5, 5.41) is 12.2. The van der Waals surface area contributed by atoms with Crippen molar-refractivity contribution in [2.45, 2.75) is 0 Å². The van der Waals surface area contributed by atoms with E-state index in [1.165, 1.54) is 69.4 Å². The Morgan fingerprint density at radius 2 is 0.889 bits per heavy atom. The number of hydrogen-bond acceptors (Lipinski definition) is 3. The molecule has 0 bridgehead atoms. The summed E-state index contributed by atoms with van der Waals surface area (Å²) in [5.41, 5.74) is 12.1. The molecule has 0 aliphatic rings. The van der Waals surface area contributed by atoms with Gasteiger partial charge in [0.25, 0.3) is 0 Å². The molecule has 11 aromatic carbocycles. The number of benzene rings is 11. The van der Waals surface area contributed by atoms with E-state index in [9.17, 15) is 0 Å². The molecule has 2 heterocycles. The van der Waals surface area contributed by atoms with Crippen molar-refractivity contribution in [3.05, 3.63) is 224 Å². The van der Waals surface area contributed by atoms with Crippen molar-refractivity contribution in [3.63, 3.8) is 0 Å². The topological polar surface area (TPSA) is 16.4 Å². The molecule has 0 saturated heterocycles. The molecular formula is C60H37NOS. The van der Waals surface area contributed by atoms with Crippen LogP contribution in [0.25, 0.3) is 108 Å². The summed E-state index contributed by atoms with van der Waals surface area (Å²) in [5.74, 6) is 0. The van der Waals surface area contributed by atoms with Crippen molar-refractivity contribution in [3.8, 4) is 33.4 Å². The van der Waals surface area contributed by atoms with Gasteiger partial charge in [0.1, 0.15) is 11.2 Å². The van der Waals surface area contributed by atoms with E-state index in [0.29, 0.717) is 0 Å². The second-order valence-corrected chi connectivity index (χ2v) is 17.5. The van der Waals surface area contributed by atoms with Crippen LogP contribution in [0.4, 0.5) is 17.1 Å². The lowest BCUT2D eigenvalue weighted by atomic mass is 9.95. The molecule has 0 fully saturated rings. The van der Waals surface area contributed by atoms with E-state index in [1.807, 2.05) is 11.3 Å². The van der Waals surface area contributed by atoms with Crippen LogP contribution < -0.4 is 4.90 Å². The first-order valence-electron chi connectivity index (χ1n) is 21.5. The lowest BCUT2D eigenvalue weighted by Crippen LogP contribution is -2.11. The maximum Gasteiger partial charge on any atom is 0.143 e. The Kier molecular flexibility index (Phi) is 8.12. The zero-order chi connectivity index (χ0) is 41.4. The molecule has 3 heteroatoms. The van der Waals surface area contributed by atoms with Gasteiger partial charge in [-0.15, -0.1) is 11.3 Å². The second-order valence-electron chi connectivity index (χ2n) is 16.4. The summed E-state index contributed by atoms with van der Waals surface area (Å²) < 4.78 is 9.32. The number of hydrogen-bond donors (Lipinski definition) is 0. The molecule has 2 aromatic heterocycles. The number of furan rings is 1. The van der Waals surface area contributed by atoms with Gasteiger partial charge in [-0.2, -0.15) is 0 Å². The van der Waals surface area contributed by atoms with Gasteiger partial charge < -0.3 is 9.32 Å². The molecule has 13 rings (SSSR count). The number of nitrogens with zero attached hydrogens (tertiary/aromatic N) is 1. The molecule has 13 aromatic rings. The smallest absolute Gasteiger partial charge is 0.143 e. The van der Waals surface area contributed by atoms with E-state index in [0.717, 1.165) is 55.5 Å². The quantitative estimate of drug-likeness (QED) is 0.155. The Balaban J connectivity index is 0.955. The molecule has 63 heavy (non-hydrogen) atoms. The Morgan fingerprint density at radius 1 is 0.333 bits per heavy atom. The fourth-order valence-electron chi connectivity index (χ4n) is 9.81. The van der Waals surface area contributed by atoms with Crippen LogP contribution in [0.1, 0.15) is 0 Å². The van der Waals surface area contributed by atoms with Gasteiger partial charge >= 0.3 is 0 Å². The minimum Gasteiger partial charge on any atom is -0.455 e. The number of rotatable bonds is 6. The number of para-hydroxylation sites is 1. The maximum absolute atomic E-state index is 6.69. The van der Waals surface area contributed by atoms with Crippen LogP contribution in [0.3, 0.4) is 0 Å². The molecule has 0 aliphatic heterocycles. The molecule has 0 radical (unpaired) electrons. The van der Waals surface area contributed by atoms with Crippen LogP contribution in [-0.2, 0) is 0 Å². The van der Waals surface area contributed by atoms with Crippen LogP contribution >= 0.6 is 11.3 Å². The Labute approximate surface area is 368 Å². The van der Waals surface area contributed by atoms with Gasteiger partial charge in [-0.05, 0) is 121 Å². The van der Waals surface area contributed by atoms with Crippen LogP contribution in [0.2, 0.25) is 0 Å². The van der Waals surface area contributed by atoms with Crippen LogP contribution in [0.15, 0.2) is 229 Å². The van der Waals surface area contributed by atoms with Gasteiger partial charge in [0, 0.05) is 53.3 Å². The van der Waals surface area contributed by atoms with E-state index < -0.39 is 0 Å². The number of thiophene rings is 1. The van der Waals surface area contributed by atoms with E-state index in [4.69, 9.17) is 4.42 Å². The minimum atomic E-state index is 0.882. The van der Waals surface area contributed by atoms with E-state index in [-0.39, 0.29) is 0 Å².